The number of hydrogen-bond donors (Lipinski definition) is 0. The summed E-state index contributed by atoms with van der Waals surface area (Å²) >= 11 is 0. The van der Waals surface area contributed by atoms with Gasteiger partial charge in [-0.3, -0.25) is 0 Å². The van der Waals surface area contributed by atoms with Crippen LogP contribution >= 0.6 is 0 Å². The molecule has 0 saturated heterocycles. The van der Waals surface area contributed by atoms with Gasteiger partial charge in [-0.1, -0.05) is 171 Å². The highest BCUT2D eigenvalue weighted by Crippen LogP contribution is 2.59. The van der Waals surface area contributed by atoms with E-state index in [0.29, 0.717) is 0 Å². The second-order valence-corrected chi connectivity index (χ2v) is 28.2. The van der Waals surface area contributed by atoms with Crippen LogP contribution in [0.15, 0.2) is 126 Å². The molecule has 6 aromatic carbocycles. The Bertz CT molecular complexity index is 3360. The smallest absolute Gasteiger partial charge is 0.297 e. The minimum Gasteiger partial charge on any atom is -0.472 e. The van der Waals surface area contributed by atoms with E-state index in [0.717, 1.165) is 66.3 Å². The van der Waals surface area contributed by atoms with Crippen LogP contribution in [0.3, 0.4) is 0 Å². The van der Waals surface area contributed by atoms with Gasteiger partial charge in [-0.15, -0.1) is 0 Å². The van der Waals surface area contributed by atoms with Gasteiger partial charge in [0.2, 0.25) is 0 Å². The van der Waals surface area contributed by atoms with Crippen LogP contribution in [0.1, 0.15) is 187 Å². The molecule has 3 aliphatic carbocycles. The van der Waals surface area contributed by atoms with E-state index in [1.165, 1.54) is 84.7 Å². The van der Waals surface area contributed by atoms with Crippen LogP contribution < -0.4 is 31.3 Å². The highest BCUT2D eigenvalue weighted by Gasteiger charge is 2.54. The Balaban J connectivity index is 1.29. The molecule has 0 radical (unpaired) electrons. The summed E-state index contributed by atoms with van der Waals surface area (Å²) in [5.74, 6) is 1.15. The van der Waals surface area contributed by atoms with E-state index in [4.69, 9.17) is 4.42 Å². The summed E-state index contributed by atoms with van der Waals surface area (Å²) in [4.78, 5) is 7.94. The molecule has 0 fully saturated rings. The van der Waals surface area contributed by atoms with Crippen molar-refractivity contribution >= 4 is 74.5 Å². The Morgan fingerprint density at radius 3 is 1.54 bits per heavy atom. The molecule has 0 bridgehead atoms. The van der Waals surface area contributed by atoms with E-state index in [2.05, 4.69) is 247 Å². The Labute approximate surface area is 444 Å². The van der Waals surface area contributed by atoms with Gasteiger partial charge >= 0.3 is 0 Å². The van der Waals surface area contributed by atoms with E-state index in [-0.39, 0.29) is 44.6 Å². The second kappa shape index (κ2) is 16.0. The van der Waals surface area contributed by atoms with Crippen molar-refractivity contribution in [2.75, 3.05) is 14.7 Å². The number of furan rings is 1. The van der Waals surface area contributed by atoms with Crippen molar-refractivity contribution in [1.82, 2.24) is 0 Å². The van der Waals surface area contributed by atoms with Gasteiger partial charge in [0.05, 0.1) is 17.0 Å². The van der Waals surface area contributed by atoms with Crippen LogP contribution in [0.2, 0.25) is 0 Å². The first-order chi connectivity index (χ1) is 34.7. The fraction of sp³-hybridized carbons (Fsp3) is 0.420. The van der Waals surface area contributed by atoms with Crippen molar-refractivity contribution in [3.8, 4) is 0 Å². The number of aryl methyl sites for hydroxylation is 1. The molecule has 5 aliphatic rings. The van der Waals surface area contributed by atoms with Crippen molar-refractivity contribution < 1.29 is 4.42 Å². The van der Waals surface area contributed by atoms with E-state index in [1.807, 2.05) is 0 Å². The number of nitrogens with zero attached hydrogens (tertiary/aromatic N) is 3. The summed E-state index contributed by atoms with van der Waals surface area (Å²) in [6.45, 7) is 38.9. The fourth-order valence-electron chi connectivity index (χ4n) is 14.3. The molecule has 0 amide bonds. The van der Waals surface area contributed by atoms with Gasteiger partial charge in [0.1, 0.15) is 5.76 Å². The Kier molecular flexibility index (Phi) is 10.6. The summed E-state index contributed by atoms with van der Waals surface area (Å²) < 4.78 is 7.89. The number of fused-ring (bicyclic) bond motifs is 9. The first kappa shape index (κ1) is 49.0. The average Bonchev–Trinajstić information content (AvgIpc) is 3.82. The minimum atomic E-state index is -0.154. The zero-order chi connectivity index (χ0) is 52.4. The molecular formula is C69H80BN3O. The topological polar surface area (TPSA) is 22.9 Å². The molecule has 2 aliphatic heterocycles. The molecule has 0 spiro atoms. The largest absolute Gasteiger partial charge is 0.472 e. The molecule has 7 aromatic rings. The molecule has 1 aromatic heterocycles. The predicted octanol–water partition coefficient (Wildman–Crippen LogP) is 17.5. The predicted molar refractivity (Wildman–Crippen MR) is 317 cm³/mol. The lowest BCUT2D eigenvalue weighted by Crippen LogP contribution is -2.62. The molecule has 0 atom stereocenters. The Morgan fingerprint density at radius 2 is 0.973 bits per heavy atom. The molecule has 0 unspecified atom stereocenters. The van der Waals surface area contributed by atoms with Crippen LogP contribution in [0.25, 0.3) is 0 Å². The lowest BCUT2D eigenvalue weighted by atomic mass is 9.34. The number of benzene rings is 6. The first-order valence-electron chi connectivity index (χ1n) is 28.0. The van der Waals surface area contributed by atoms with Crippen molar-refractivity contribution in [2.24, 2.45) is 0 Å². The van der Waals surface area contributed by atoms with Gasteiger partial charge in [-0.2, -0.15) is 0 Å². The lowest BCUT2D eigenvalue weighted by Gasteiger charge is -2.50. The van der Waals surface area contributed by atoms with Crippen LogP contribution in [0, 0.1) is 6.92 Å². The summed E-state index contributed by atoms with van der Waals surface area (Å²) in [5, 5.41) is 0. The van der Waals surface area contributed by atoms with Gasteiger partial charge in [-0.05, 0) is 177 Å². The highest BCUT2D eigenvalue weighted by molar-refractivity contribution is 6.99. The summed E-state index contributed by atoms with van der Waals surface area (Å²) in [6, 6.07) is 47.0. The first-order valence-corrected chi connectivity index (χ1v) is 28.0. The summed E-state index contributed by atoms with van der Waals surface area (Å²) in [7, 11) is 0. The molecule has 74 heavy (non-hydrogen) atoms. The third-order valence-electron chi connectivity index (χ3n) is 19.2. The maximum absolute atomic E-state index is 7.89. The maximum Gasteiger partial charge on any atom is 0.297 e. The monoisotopic (exact) mass is 978 g/mol. The van der Waals surface area contributed by atoms with E-state index in [1.54, 1.807) is 0 Å². The van der Waals surface area contributed by atoms with Crippen molar-refractivity contribution in [3.63, 3.8) is 0 Å². The number of anilines is 9. The molecular weight excluding hydrogens is 898 g/mol. The van der Waals surface area contributed by atoms with Gasteiger partial charge in [0.25, 0.3) is 6.71 Å². The quantitative estimate of drug-likeness (QED) is 0.160. The van der Waals surface area contributed by atoms with Crippen molar-refractivity contribution in [2.45, 2.75) is 187 Å². The number of rotatable bonds is 5. The zero-order valence-corrected chi connectivity index (χ0v) is 47.6. The standard InChI is InChI=1S/C69H80BN3O/c1-43-39-50-51(66(9,10)34-33-65(50,7)8)42-53(43)73-55-41-48(71(45-23-19-17-20-24-45)46-25-21-18-22-26-46)40-54-58(55)70(52-32-31-49-56(59(52)73)67(11,12)36-35-64(49,5)6)62-60(57-61(74-62)69(15,16)38-37-68(57,13)14)72(54)47-29-27-44(28-30-47)63(2,3)4/h17-32,39-42H,33-38H2,1-16H3. The molecule has 12 rings (SSSR count). The molecule has 3 heterocycles. The lowest BCUT2D eigenvalue weighted by molar-refractivity contribution is 0.282. The average molecular weight is 978 g/mol. The third kappa shape index (κ3) is 7.28. The van der Waals surface area contributed by atoms with Crippen LogP contribution in [-0.4, -0.2) is 6.71 Å². The highest BCUT2D eigenvalue weighted by atomic mass is 16.3. The molecule has 4 nitrogen and oxygen atoms in total. The summed E-state index contributed by atoms with van der Waals surface area (Å²) in [6.07, 6.45) is 6.74. The fourth-order valence-corrected chi connectivity index (χ4v) is 14.3. The van der Waals surface area contributed by atoms with Gasteiger partial charge in [-0.25, -0.2) is 0 Å². The maximum atomic E-state index is 7.89. The minimum absolute atomic E-state index is 0.00126. The van der Waals surface area contributed by atoms with E-state index in [9.17, 15) is 0 Å². The van der Waals surface area contributed by atoms with Crippen molar-refractivity contribution in [3.05, 3.63) is 166 Å². The van der Waals surface area contributed by atoms with Crippen molar-refractivity contribution in [1.29, 1.82) is 0 Å². The van der Waals surface area contributed by atoms with Crippen LogP contribution in [-0.2, 0) is 37.9 Å². The normalized spacial score (nSPS) is 19.9. The number of para-hydroxylation sites is 2. The summed E-state index contributed by atoms with van der Waals surface area (Å²) in [5.41, 5.74) is 24.2. The van der Waals surface area contributed by atoms with E-state index >= 15 is 0 Å². The Hall–Kier alpha value is -5.94. The molecule has 0 N–H and O–H groups in total. The second-order valence-electron chi connectivity index (χ2n) is 28.2. The van der Waals surface area contributed by atoms with Gasteiger partial charge < -0.3 is 19.1 Å². The van der Waals surface area contributed by atoms with Crippen LogP contribution in [0.4, 0.5) is 51.2 Å². The SMILES string of the molecule is Cc1cc2c(cc1N1c3cc(N(c4ccccc4)c4ccccc4)cc4c3B(c3ccc5c(c31)C(C)(C)CCC5(C)C)c1oc3c(c1N4c1ccc(C(C)(C)C)cc1)C(C)(C)CCC3(C)C)C(C)(C)CCC2(C)C. The third-order valence-corrected chi connectivity index (χ3v) is 19.2. The van der Waals surface area contributed by atoms with Gasteiger partial charge in [0, 0.05) is 50.8 Å². The Morgan fingerprint density at radius 1 is 0.473 bits per heavy atom. The van der Waals surface area contributed by atoms with Gasteiger partial charge in [0.15, 0.2) is 0 Å². The van der Waals surface area contributed by atoms with E-state index < -0.39 is 0 Å². The molecule has 380 valence electrons. The van der Waals surface area contributed by atoms with Crippen LogP contribution in [0.5, 0.6) is 0 Å². The molecule has 0 saturated carbocycles. The molecule has 5 heteroatoms. The number of hydrogen-bond acceptors (Lipinski definition) is 4. The zero-order valence-electron chi connectivity index (χ0n) is 47.6.